The molecule has 0 bridgehead atoms. The fraction of sp³-hybridized carbons (Fsp3) is 0.455. The van der Waals surface area contributed by atoms with Gasteiger partial charge in [0.25, 0.3) is 0 Å². The van der Waals surface area contributed by atoms with Gasteiger partial charge in [-0.3, -0.25) is 11.3 Å². The first-order chi connectivity index (χ1) is 7.04. The van der Waals surface area contributed by atoms with Gasteiger partial charge in [0, 0.05) is 10.5 Å². The molecule has 0 aromatic heterocycles. The van der Waals surface area contributed by atoms with Crippen LogP contribution < -0.4 is 11.3 Å². The van der Waals surface area contributed by atoms with Crippen molar-refractivity contribution in [1.82, 2.24) is 5.43 Å². The maximum atomic E-state index is 13.5. The fourth-order valence-electron chi connectivity index (χ4n) is 1.41. The molecule has 0 radical (unpaired) electrons. The van der Waals surface area contributed by atoms with Crippen molar-refractivity contribution in [3.8, 4) is 0 Å². The molecule has 0 fully saturated rings. The Kier molecular flexibility index (Phi) is 4.70. The molecule has 0 spiro atoms. The van der Waals surface area contributed by atoms with E-state index in [2.05, 4.69) is 35.2 Å². The second kappa shape index (κ2) is 5.58. The van der Waals surface area contributed by atoms with Crippen molar-refractivity contribution in [1.29, 1.82) is 0 Å². The third-order valence-corrected chi connectivity index (χ3v) is 2.97. The predicted octanol–water partition coefficient (Wildman–Crippen LogP) is 2.62. The number of hydrazine groups is 1. The van der Waals surface area contributed by atoms with Crippen LogP contribution in [0, 0.1) is 11.7 Å². The summed E-state index contributed by atoms with van der Waals surface area (Å²) >= 11 is 3.23. The van der Waals surface area contributed by atoms with Crippen molar-refractivity contribution < 1.29 is 4.39 Å². The molecular formula is C11H16BrFN2. The monoisotopic (exact) mass is 274 g/mol. The van der Waals surface area contributed by atoms with Crippen LogP contribution in [0.2, 0.25) is 0 Å². The van der Waals surface area contributed by atoms with E-state index < -0.39 is 0 Å². The maximum Gasteiger partial charge on any atom is 0.127 e. The first-order valence-electron chi connectivity index (χ1n) is 4.94. The lowest BCUT2D eigenvalue weighted by molar-refractivity contribution is 0.399. The normalized spacial score (nSPS) is 13.2. The highest BCUT2D eigenvalue weighted by Gasteiger charge is 2.14. The number of nitrogens with two attached hydrogens (primary N) is 1. The van der Waals surface area contributed by atoms with Crippen molar-refractivity contribution in [2.45, 2.75) is 26.3 Å². The number of halogens is 2. The second-order valence-electron chi connectivity index (χ2n) is 3.96. The van der Waals surface area contributed by atoms with E-state index >= 15 is 0 Å². The molecule has 1 aromatic carbocycles. The van der Waals surface area contributed by atoms with Gasteiger partial charge in [0.05, 0.1) is 0 Å². The molecule has 84 valence electrons. The van der Waals surface area contributed by atoms with Crippen LogP contribution in [0.25, 0.3) is 0 Å². The summed E-state index contributed by atoms with van der Waals surface area (Å²) in [5.74, 6) is 5.60. The molecule has 3 N–H and O–H groups in total. The van der Waals surface area contributed by atoms with Crippen LogP contribution in [0.4, 0.5) is 4.39 Å². The van der Waals surface area contributed by atoms with Crippen molar-refractivity contribution in [2.75, 3.05) is 0 Å². The number of hydrogen-bond donors (Lipinski definition) is 2. The lowest BCUT2D eigenvalue weighted by Crippen LogP contribution is -2.40. The van der Waals surface area contributed by atoms with Crippen molar-refractivity contribution in [3.63, 3.8) is 0 Å². The van der Waals surface area contributed by atoms with Gasteiger partial charge in [0.1, 0.15) is 5.82 Å². The largest absolute Gasteiger partial charge is 0.271 e. The molecule has 0 aliphatic rings. The van der Waals surface area contributed by atoms with Gasteiger partial charge >= 0.3 is 0 Å². The number of nitrogens with one attached hydrogen (secondary N) is 1. The van der Waals surface area contributed by atoms with Crippen LogP contribution in [0.15, 0.2) is 22.7 Å². The molecule has 1 unspecified atom stereocenters. The van der Waals surface area contributed by atoms with E-state index in [-0.39, 0.29) is 11.9 Å². The van der Waals surface area contributed by atoms with E-state index in [1.165, 1.54) is 6.07 Å². The highest BCUT2D eigenvalue weighted by atomic mass is 79.9. The molecular weight excluding hydrogens is 259 g/mol. The van der Waals surface area contributed by atoms with Gasteiger partial charge < -0.3 is 0 Å². The quantitative estimate of drug-likeness (QED) is 0.655. The number of benzene rings is 1. The Morgan fingerprint density at radius 3 is 2.60 bits per heavy atom. The SMILES string of the molecule is CC(C)C(Cc1ccc(Br)cc1F)NN. The lowest BCUT2D eigenvalue weighted by atomic mass is 9.97. The summed E-state index contributed by atoms with van der Waals surface area (Å²) in [4.78, 5) is 0. The average molecular weight is 275 g/mol. The minimum absolute atomic E-state index is 0.0978. The predicted molar refractivity (Wildman–Crippen MR) is 63.8 cm³/mol. The maximum absolute atomic E-state index is 13.5. The van der Waals surface area contributed by atoms with Gasteiger partial charge in [-0.15, -0.1) is 0 Å². The van der Waals surface area contributed by atoms with Gasteiger partial charge in [0.2, 0.25) is 0 Å². The lowest BCUT2D eigenvalue weighted by Gasteiger charge is -2.20. The van der Waals surface area contributed by atoms with Gasteiger partial charge in [0.15, 0.2) is 0 Å². The van der Waals surface area contributed by atoms with Crippen molar-refractivity contribution >= 4 is 15.9 Å². The van der Waals surface area contributed by atoms with Crippen LogP contribution in [0.3, 0.4) is 0 Å². The molecule has 0 aliphatic heterocycles. The molecule has 1 aromatic rings. The molecule has 0 saturated carbocycles. The summed E-state index contributed by atoms with van der Waals surface area (Å²) < 4.78 is 14.3. The second-order valence-corrected chi connectivity index (χ2v) is 4.87. The zero-order valence-corrected chi connectivity index (χ0v) is 10.5. The number of rotatable bonds is 4. The van der Waals surface area contributed by atoms with Gasteiger partial charge in [-0.05, 0) is 30.0 Å². The number of hydrogen-bond acceptors (Lipinski definition) is 2. The van der Waals surface area contributed by atoms with Gasteiger partial charge in [-0.25, -0.2) is 4.39 Å². The Labute approximate surface area is 98.1 Å². The van der Waals surface area contributed by atoms with Crippen LogP contribution in [0.5, 0.6) is 0 Å². The van der Waals surface area contributed by atoms with E-state index in [9.17, 15) is 4.39 Å². The summed E-state index contributed by atoms with van der Waals surface area (Å²) in [7, 11) is 0. The Balaban J connectivity index is 2.79. The Morgan fingerprint density at radius 1 is 1.47 bits per heavy atom. The third-order valence-electron chi connectivity index (χ3n) is 2.47. The molecule has 4 heteroatoms. The highest BCUT2D eigenvalue weighted by molar-refractivity contribution is 9.10. The van der Waals surface area contributed by atoms with Crippen LogP contribution >= 0.6 is 15.9 Å². The summed E-state index contributed by atoms with van der Waals surface area (Å²) in [5, 5.41) is 0. The Bertz CT molecular complexity index is 328. The highest BCUT2D eigenvalue weighted by Crippen LogP contribution is 2.18. The molecule has 0 amide bonds. The molecule has 2 nitrogen and oxygen atoms in total. The molecule has 0 aliphatic carbocycles. The first kappa shape index (κ1) is 12.6. The first-order valence-corrected chi connectivity index (χ1v) is 5.74. The van der Waals surface area contributed by atoms with E-state index in [0.29, 0.717) is 17.9 Å². The van der Waals surface area contributed by atoms with Gasteiger partial charge in [-0.1, -0.05) is 35.8 Å². The summed E-state index contributed by atoms with van der Waals surface area (Å²) in [5.41, 5.74) is 3.40. The zero-order chi connectivity index (χ0) is 11.4. The average Bonchev–Trinajstić information content (AvgIpc) is 2.16. The minimum atomic E-state index is -0.190. The van der Waals surface area contributed by atoms with Crippen LogP contribution in [-0.2, 0) is 6.42 Å². The standard InChI is InChI=1S/C11H16BrFN2/c1-7(2)11(15-14)5-8-3-4-9(12)6-10(8)13/h3-4,6-7,11,15H,5,14H2,1-2H3. The zero-order valence-electron chi connectivity index (χ0n) is 8.93. The molecule has 1 atom stereocenters. The summed E-state index contributed by atoms with van der Waals surface area (Å²) in [6, 6.07) is 5.20. The third kappa shape index (κ3) is 3.55. The van der Waals surface area contributed by atoms with E-state index in [1.807, 2.05) is 6.07 Å². The van der Waals surface area contributed by atoms with Crippen molar-refractivity contribution in [3.05, 3.63) is 34.1 Å². The summed E-state index contributed by atoms with van der Waals surface area (Å²) in [6.45, 7) is 4.11. The van der Waals surface area contributed by atoms with Crippen molar-refractivity contribution in [2.24, 2.45) is 11.8 Å². The molecule has 0 saturated heterocycles. The Morgan fingerprint density at radius 2 is 2.13 bits per heavy atom. The Hall–Kier alpha value is -0.450. The van der Waals surface area contributed by atoms with E-state index in [1.54, 1.807) is 6.07 Å². The van der Waals surface area contributed by atoms with Gasteiger partial charge in [-0.2, -0.15) is 0 Å². The molecule has 15 heavy (non-hydrogen) atoms. The van der Waals surface area contributed by atoms with E-state index in [4.69, 9.17) is 5.84 Å². The topological polar surface area (TPSA) is 38.0 Å². The summed E-state index contributed by atoms with van der Waals surface area (Å²) in [6.07, 6.45) is 0.604. The smallest absolute Gasteiger partial charge is 0.127 e. The molecule has 1 rings (SSSR count). The fourth-order valence-corrected chi connectivity index (χ4v) is 1.74. The van der Waals surface area contributed by atoms with Crippen LogP contribution in [0.1, 0.15) is 19.4 Å². The van der Waals surface area contributed by atoms with Crippen LogP contribution in [-0.4, -0.2) is 6.04 Å². The van der Waals surface area contributed by atoms with E-state index in [0.717, 1.165) is 4.47 Å². The molecule has 0 heterocycles. The minimum Gasteiger partial charge on any atom is -0.271 e.